The van der Waals surface area contributed by atoms with Gasteiger partial charge in [-0.15, -0.1) is 0 Å². The van der Waals surface area contributed by atoms with Crippen molar-refractivity contribution in [3.05, 3.63) is 78.5 Å². The van der Waals surface area contributed by atoms with Gasteiger partial charge >= 0.3 is 0 Å². The molecule has 8 heteroatoms. The minimum absolute atomic E-state index is 0.256. The minimum atomic E-state index is -0.256. The Bertz CT molecular complexity index is 1030. The van der Waals surface area contributed by atoms with Crippen LogP contribution in [0.25, 0.3) is 5.65 Å². The number of hydrogen-bond acceptors (Lipinski definition) is 6. The van der Waals surface area contributed by atoms with Gasteiger partial charge in [0.1, 0.15) is 6.33 Å². The van der Waals surface area contributed by atoms with Gasteiger partial charge in [0.25, 0.3) is 5.91 Å². The van der Waals surface area contributed by atoms with Crippen LogP contribution in [-0.2, 0) is 6.54 Å². The Morgan fingerprint density at radius 2 is 1.77 bits per heavy atom. The predicted octanol–water partition coefficient (Wildman–Crippen LogP) is 2.19. The van der Waals surface area contributed by atoms with Crippen molar-refractivity contribution in [3.63, 3.8) is 0 Å². The third-order valence-electron chi connectivity index (χ3n) is 3.75. The van der Waals surface area contributed by atoms with Gasteiger partial charge in [-0.25, -0.2) is 19.5 Å². The molecular weight excluding hydrogens is 330 g/mol. The molecule has 0 fully saturated rings. The number of aromatic nitrogens is 5. The maximum absolute atomic E-state index is 12.3. The Labute approximate surface area is 149 Å². The molecule has 26 heavy (non-hydrogen) atoms. The van der Waals surface area contributed by atoms with Gasteiger partial charge in [0, 0.05) is 18.1 Å². The first-order chi connectivity index (χ1) is 12.8. The highest BCUT2D eigenvalue weighted by Crippen LogP contribution is 2.11. The Balaban J connectivity index is 1.41. The van der Waals surface area contributed by atoms with Crippen molar-refractivity contribution in [2.45, 2.75) is 6.54 Å². The predicted molar refractivity (Wildman–Crippen MR) is 95.9 cm³/mol. The third kappa shape index (κ3) is 3.34. The lowest BCUT2D eigenvalue weighted by Crippen LogP contribution is -2.24. The van der Waals surface area contributed by atoms with Gasteiger partial charge in [-0.05, 0) is 24.3 Å². The number of anilines is 2. The highest BCUT2D eigenvalue weighted by molar-refractivity contribution is 5.93. The first kappa shape index (κ1) is 15.7. The number of fused-ring (bicyclic) bond motifs is 1. The fraction of sp³-hybridized carbons (Fsp3) is 0.0556. The van der Waals surface area contributed by atoms with Crippen LogP contribution in [-0.4, -0.2) is 30.5 Å². The minimum Gasteiger partial charge on any atom is -0.346 e. The van der Waals surface area contributed by atoms with E-state index in [4.69, 9.17) is 0 Å². The van der Waals surface area contributed by atoms with Crippen LogP contribution < -0.4 is 10.6 Å². The maximum Gasteiger partial charge on any atom is 0.254 e. The van der Waals surface area contributed by atoms with Crippen LogP contribution in [0.2, 0.25) is 0 Å². The highest BCUT2D eigenvalue weighted by atomic mass is 16.1. The number of carbonyl (C=O) groups excluding carboxylic acids is 1. The lowest BCUT2D eigenvalue weighted by atomic mass is 10.3. The number of pyridine rings is 1. The van der Waals surface area contributed by atoms with Gasteiger partial charge in [0.2, 0.25) is 5.95 Å². The van der Waals surface area contributed by atoms with E-state index in [0.717, 1.165) is 17.0 Å². The SMILES string of the molecule is O=C(NCc1cccc2ncnn12)c1cnc(Nc2ccccc2)nc1. The van der Waals surface area contributed by atoms with Crippen LogP contribution in [0, 0.1) is 0 Å². The molecule has 2 N–H and O–H groups in total. The second kappa shape index (κ2) is 6.98. The Morgan fingerprint density at radius 1 is 0.962 bits per heavy atom. The normalized spacial score (nSPS) is 10.6. The van der Waals surface area contributed by atoms with E-state index in [-0.39, 0.29) is 5.91 Å². The molecule has 0 radical (unpaired) electrons. The molecule has 0 saturated carbocycles. The Morgan fingerprint density at radius 3 is 2.58 bits per heavy atom. The van der Waals surface area contributed by atoms with Crippen LogP contribution in [0.5, 0.6) is 0 Å². The number of carbonyl (C=O) groups is 1. The lowest BCUT2D eigenvalue weighted by Gasteiger charge is -2.07. The molecule has 3 aromatic heterocycles. The molecule has 0 bridgehead atoms. The Kier molecular flexibility index (Phi) is 4.21. The van der Waals surface area contributed by atoms with Crippen molar-refractivity contribution in [2.24, 2.45) is 0 Å². The zero-order valence-electron chi connectivity index (χ0n) is 13.7. The summed E-state index contributed by atoms with van der Waals surface area (Å²) in [5.74, 6) is 0.175. The first-order valence-electron chi connectivity index (χ1n) is 7.99. The summed E-state index contributed by atoms with van der Waals surface area (Å²) in [7, 11) is 0. The van der Waals surface area contributed by atoms with E-state index < -0.39 is 0 Å². The molecular formula is C18H15N7O. The summed E-state index contributed by atoms with van der Waals surface area (Å²) in [5.41, 5.74) is 2.83. The van der Waals surface area contributed by atoms with Crippen molar-refractivity contribution < 1.29 is 4.79 Å². The molecule has 0 aliphatic heterocycles. The summed E-state index contributed by atoms with van der Waals surface area (Å²) in [6.07, 6.45) is 4.46. The number of para-hydroxylation sites is 1. The van der Waals surface area contributed by atoms with Crippen molar-refractivity contribution >= 4 is 23.2 Å². The molecule has 0 spiro atoms. The summed E-state index contributed by atoms with van der Waals surface area (Å²) in [4.78, 5) is 24.8. The molecule has 4 aromatic rings. The number of rotatable bonds is 5. The topological polar surface area (TPSA) is 97.1 Å². The number of benzene rings is 1. The van der Waals surface area contributed by atoms with Gasteiger partial charge in [-0.2, -0.15) is 5.10 Å². The average molecular weight is 345 g/mol. The molecule has 0 aliphatic carbocycles. The number of hydrogen-bond donors (Lipinski definition) is 2. The third-order valence-corrected chi connectivity index (χ3v) is 3.75. The van der Waals surface area contributed by atoms with E-state index >= 15 is 0 Å². The first-order valence-corrected chi connectivity index (χ1v) is 7.99. The van der Waals surface area contributed by atoms with Crippen molar-refractivity contribution in [3.8, 4) is 0 Å². The molecule has 0 atom stereocenters. The quantitative estimate of drug-likeness (QED) is 0.575. The average Bonchev–Trinajstić information content (AvgIpc) is 3.17. The van der Waals surface area contributed by atoms with Crippen LogP contribution in [0.4, 0.5) is 11.6 Å². The fourth-order valence-electron chi connectivity index (χ4n) is 2.47. The van der Waals surface area contributed by atoms with Gasteiger partial charge in [-0.3, -0.25) is 4.79 Å². The van der Waals surface area contributed by atoms with E-state index in [1.807, 2.05) is 48.5 Å². The van der Waals surface area contributed by atoms with E-state index in [9.17, 15) is 4.79 Å². The number of amides is 1. The lowest BCUT2D eigenvalue weighted by molar-refractivity contribution is 0.0949. The van der Waals surface area contributed by atoms with Crippen molar-refractivity contribution in [1.82, 2.24) is 29.9 Å². The van der Waals surface area contributed by atoms with Crippen LogP contribution >= 0.6 is 0 Å². The summed E-state index contributed by atoms with van der Waals surface area (Å²) in [6, 6.07) is 15.2. The van der Waals surface area contributed by atoms with Gasteiger partial charge in [0.05, 0.1) is 17.8 Å². The van der Waals surface area contributed by atoms with Gasteiger partial charge < -0.3 is 10.6 Å². The van der Waals surface area contributed by atoms with Crippen LogP contribution in [0.1, 0.15) is 16.1 Å². The second-order valence-electron chi connectivity index (χ2n) is 5.52. The van der Waals surface area contributed by atoms with Crippen molar-refractivity contribution in [2.75, 3.05) is 5.32 Å². The molecule has 1 amide bonds. The zero-order chi connectivity index (χ0) is 17.8. The molecule has 3 heterocycles. The summed E-state index contributed by atoms with van der Waals surface area (Å²) < 4.78 is 1.68. The van der Waals surface area contributed by atoms with Crippen LogP contribution in [0.3, 0.4) is 0 Å². The van der Waals surface area contributed by atoms with Gasteiger partial charge in [0.15, 0.2) is 5.65 Å². The summed E-state index contributed by atoms with van der Waals surface area (Å²) in [5, 5.41) is 10.1. The fourth-order valence-corrected chi connectivity index (χ4v) is 2.47. The summed E-state index contributed by atoms with van der Waals surface area (Å²) >= 11 is 0. The monoisotopic (exact) mass is 345 g/mol. The zero-order valence-corrected chi connectivity index (χ0v) is 13.7. The molecule has 128 valence electrons. The standard InChI is InChI=1S/C18H15N7O/c26-17(19-11-15-7-4-8-16-22-12-23-25(15)16)13-9-20-18(21-10-13)24-14-5-2-1-3-6-14/h1-10,12H,11H2,(H,19,26)(H,20,21,24). The second-order valence-corrected chi connectivity index (χ2v) is 5.52. The highest BCUT2D eigenvalue weighted by Gasteiger charge is 2.09. The molecule has 0 aliphatic rings. The smallest absolute Gasteiger partial charge is 0.254 e. The molecule has 0 unspecified atom stereocenters. The van der Waals surface area contributed by atoms with Gasteiger partial charge in [-0.1, -0.05) is 24.3 Å². The molecule has 8 nitrogen and oxygen atoms in total. The Hall–Kier alpha value is -3.81. The molecule has 1 aromatic carbocycles. The van der Waals surface area contributed by atoms with E-state index in [0.29, 0.717) is 18.1 Å². The molecule has 0 saturated heterocycles. The van der Waals surface area contributed by atoms with Crippen molar-refractivity contribution in [1.29, 1.82) is 0 Å². The van der Waals surface area contributed by atoms with Crippen LogP contribution in [0.15, 0.2) is 67.3 Å². The maximum atomic E-state index is 12.3. The summed E-state index contributed by atoms with van der Waals surface area (Å²) in [6.45, 7) is 0.323. The largest absolute Gasteiger partial charge is 0.346 e. The number of nitrogens with zero attached hydrogens (tertiary/aromatic N) is 5. The molecule has 4 rings (SSSR count). The number of nitrogens with one attached hydrogen (secondary N) is 2. The van der Waals surface area contributed by atoms with E-state index in [1.54, 1.807) is 4.52 Å². The van der Waals surface area contributed by atoms with E-state index in [2.05, 4.69) is 30.7 Å². The van der Waals surface area contributed by atoms with E-state index in [1.165, 1.54) is 18.7 Å².